The molecule has 1 aliphatic heterocycles. The molecule has 1 atom stereocenters. The van der Waals surface area contributed by atoms with Gasteiger partial charge in [-0.05, 0) is 25.7 Å². The van der Waals surface area contributed by atoms with E-state index in [0.29, 0.717) is 5.88 Å². The largest absolute Gasteiger partial charge is 0.376 e. The van der Waals surface area contributed by atoms with Crippen molar-refractivity contribution >= 4 is 22.8 Å². The quantitative estimate of drug-likeness (QED) is 0.798. The van der Waals surface area contributed by atoms with Crippen LogP contribution in [-0.2, 0) is 31.2 Å². The van der Waals surface area contributed by atoms with Gasteiger partial charge in [0.05, 0.1) is 18.3 Å². The molecular weight excluding hydrogens is 288 g/mol. The van der Waals surface area contributed by atoms with Crippen LogP contribution < -0.4 is 0 Å². The maximum Gasteiger partial charge on any atom is 0.158 e. The highest BCUT2D eigenvalue weighted by atomic mass is 35.5. The summed E-state index contributed by atoms with van der Waals surface area (Å²) in [5, 5.41) is 4.58. The minimum atomic E-state index is 0.283. The Morgan fingerprint density at radius 2 is 2.24 bits per heavy atom. The number of imidazole rings is 1. The summed E-state index contributed by atoms with van der Waals surface area (Å²) in [5.41, 5.74) is 3.18. The molecule has 0 N–H and O–H groups in total. The van der Waals surface area contributed by atoms with Crippen molar-refractivity contribution in [1.82, 2.24) is 19.3 Å². The fourth-order valence-corrected chi connectivity index (χ4v) is 3.32. The molecule has 0 spiro atoms. The van der Waals surface area contributed by atoms with E-state index in [1.165, 1.54) is 12.8 Å². The van der Waals surface area contributed by atoms with Gasteiger partial charge in [-0.3, -0.25) is 4.68 Å². The average Bonchev–Trinajstić information content (AvgIpc) is 2.99. The summed E-state index contributed by atoms with van der Waals surface area (Å²) < 4.78 is 10.1. The van der Waals surface area contributed by atoms with Crippen molar-refractivity contribution < 1.29 is 4.74 Å². The molecule has 0 radical (unpaired) electrons. The van der Waals surface area contributed by atoms with Crippen LogP contribution >= 0.6 is 11.6 Å². The Kier molecular flexibility index (Phi) is 4.50. The molecule has 3 heterocycles. The highest BCUT2D eigenvalue weighted by Gasteiger charge is 2.22. The van der Waals surface area contributed by atoms with Gasteiger partial charge < -0.3 is 9.30 Å². The number of hydrogen-bond acceptors (Lipinski definition) is 3. The summed E-state index contributed by atoms with van der Waals surface area (Å²) in [6.45, 7) is 3.84. The first-order chi connectivity index (χ1) is 10.2. The minimum absolute atomic E-state index is 0.283. The van der Waals surface area contributed by atoms with Crippen LogP contribution in [0.3, 0.4) is 0 Å². The number of hydrogen-bond donors (Lipinski definition) is 0. The summed E-state index contributed by atoms with van der Waals surface area (Å²) in [7, 11) is 1.99. The Morgan fingerprint density at radius 3 is 2.90 bits per heavy atom. The van der Waals surface area contributed by atoms with Gasteiger partial charge >= 0.3 is 0 Å². The summed E-state index contributed by atoms with van der Waals surface area (Å²) in [4.78, 5) is 4.80. The van der Waals surface area contributed by atoms with Gasteiger partial charge in [0.25, 0.3) is 0 Å². The predicted molar refractivity (Wildman–Crippen MR) is 83.9 cm³/mol. The monoisotopic (exact) mass is 310 g/mol. The number of aryl methyl sites for hydroxylation is 3. The van der Waals surface area contributed by atoms with Crippen molar-refractivity contribution in [1.29, 1.82) is 0 Å². The molecule has 116 valence electrons. The van der Waals surface area contributed by atoms with Crippen LogP contribution in [0.5, 0.6) is 0 Å². The second kappa shape index (κ2) is 6.36. The molecule has 6 heteroatoms. The van der Waals surface area contributed by atoms with Gasteiger partial charge in [0, 0.05) is 26.0 Å². The normalized spacial score (nSPS) is 19.5. The van der Waals surface area contributed by atoms with E-state index in [4.69, 9.17) is 21.3 Å². The summed E-state index contributed by atoms with van der Waals surface area (Å²) in [6, 6.07) is 0. The molecule has 0 saturated carbocycles. The second-order valence-electron chi connectivity index (χ2n) is 5.66. The number of ether oxygens (including phenoxy) is 1. The lowest BCUT2D eigenvalue weighted by Gasteiger charge is -2.24. The molecule has 1 fully saturated rings. The highest BCUT2D eigenvalue weighted by Crippen LogP contribution is 2.23. The molecule has 21 heavy (non-hydrogen) atoms. The molecule has 5 nitrogen and oxygen atoms in total. The topological polar surface area (TPSA) is 44.9 Å². The van der Waals surface area contributed by atoms with Gasteiger partial charge in [-0.2, -0.15) is 5.10 Å². The smallest absolute Gasteiger partial charge is 0.158 e. The molecule has 0 bridgehead atoms. The zero-order valence-corrected chi connectivity index (χ0v) is 13.6. The molecule has 0 aromatic carbocycles. The highest BCUT2D eigenvalue weighted by molar-refractivity contribution is 6.17. The minimum Gasteiger partial charge on any atom is -0.376 e. The summed E-state index contributed by atoms with van der Waals surface area (Å²) >= 11 is 5.95. The Labute approximate surface area is 130 Å². The lowest BCUT2D eigenvalue weighted by molar-refractivity contribution is 0.00605. The van der Waals surface area contributed by atoms with E-state index in [-0.39, 0.29) is 6.10 Å². The van der Waals surface area contributed by atoms with Crippen molar-refractivity contribution in [3.05, 3.63) is 11.5 Å². The van der Waals surface area contributed by atoms with Crippen LogP contribution in [0.1, 0.15) is 37.7 Å². The van der Waals surface area contributed by atoms with Crippen molar-refractivity contribution in [2.45, 2.75) is 51.7 Å². The Hall–Kier alpha value is -1.07. The maximum atomic E-state index is 5.95. The second-order valence-corrected chi connectivity index (χ2v) is 6.04. The number of rotatable bonds is 5. The SMILES string of the molecule is CCc1nn(C)c2c1nc(CCCl)n2CC1CCCCO1. The molecule has 2 aromatic rings. The van der Waals surface area contributed by atoms with E-state index in [0.717, 1.165) is 55.1 Å². The van der Waals surface area contributed by atoms with Gasteiger partial charge in [0.1, 0.15) is 11.3 Å². The average molecular weight is 311 g/mol. The van der Waals surface area contributed by atoms with E-state index in [1.807, 2.05) is 11.7 Å². The van der Waals surface area contributed by atoms with Gasteiger partial charge in [-0.1, -0.05) is 6.92 Å². The first kappa shape index (κ1) is 14.9. The Morgan fingerprint density at radius 1 is 1.38 bits per heavy atom. The number of nitrogens with zero attached hydrogens (tertiary/aromatic N) is 4. The van der Waals surface area contributed by atoms with Crippen molar-refractivity contribution in [3.8, 4) is 0 Å². The zero-order chi connectivity index (χ0) is 14.8. The molecule has 2 aromatic heterocycles. The van der Waals surface area contributed by atoms with Crippen LogP contribution in [0.2, 0.25) is 0 Å². The molecule has 1 aliphatic rings. The Balaban J connectivity index is 2.00. The van der Waals surface area contributed by atoms with Crippen LogP contribution in [0.25, 0.3) is 11.2 Å². The Bertz CT molecular complexity index is 613. The van der Waals surface area contributed by atoms with Gasteiger partial charge in [-0.15, -0.1) is 11.6 Å². The van der Waals surface area contributed by atoms with Crippen molar-refractivity contribution in [2.24, 2.45) is 7.05 Å². The third-order valence-electron chi connectivity index (χ3n) is 4.18. The molecule has 3 rings (SSSR count). The van der Waals surface area contributed by atoms with E-state index in [9.17, 15) is 0 Å². The first-order valence-electron chi connectivity index (χ1n) is 7.83. The fraction of sp³-hybridized carbons (Fsp3) is 0.733. The standard InChI is InChI=1S/C15H23ClN4O/c1-3-12-14-15(19(2)18-12)20(13(17-14)7-8-16)10-11-6-4-5-9-21-11/h11H,3-10H2,1-2H3. The van der Waals surface area contributed by atoms with Crippen LogP contribution in [0, 0.1) is 0 Å². The van der Waals surface area contributed by atoms with Gasteiger partial charge in [0.15, 0.2) is 5.65 Å². The molecule has 0 aliphatic carbocycles. The van der Waals surface area contributed by atoms with E-state index < -0.39 is 0 Å². The summed E-state index contributed by atoms with van der Waals surface area (Å²) in [6.07, 6.45) is 5.51. The van der Waals surface area contributed by atoms with Gasteiger partial charge in [-0.25, -0.2) is 4.98 Å². The summed E-state index contributed by atoms with van der Waals surface area (Å²) in [5.74, 6) is 1.64. The van der Waals surface area contributed by atoms with Crippen LogP contribution in [-0.4, -0.2) is 37.9 Å². The van der Waals surface area contributed by atoms with Crippen LogP contribution in [0.15, 0.2) is 0 Å². The number of halogens is 1. The zero-order valence-electron chi connectivity index (χ0n) is 12.8. The lowest BCUT2D eigenvalue weighted by atomic mass is 10.1. The molecule has 0 amide bonds. The molecule has 1 saturated heterocycles. The molecule has 1 unspecified atom stereocenters. The molecular formula is C15H23ClN4O. The first-order valence-corrected chi connectivity index (χ1v) is 8.36. The maximum absolute atomic E-state index is 5.95. The van der Waals surface area contributed by atoms with Crippen LogP contribution in [0.4, 0.5) is 0 Å². The predicted octanol–water partition coefficient (Wildman–Crippen LogP) is 2.68. The number of fused-ring (bicyclic) bond motifs is 1. The fourth-order valence-electron chi connectivity index (χ4n) is 3.15. The van der Waals surface area contributed by atoms with Crippen molar-refractivity contribution in [2.75, 3.05) is 12.5 Å². The number of alkyl halides is 1. The third kappa shape index (κ3) is 2.81. The van der Waals surface area contributed by atoms with E-state index >= 15 is 0 Å². The lowest BCUT2D eigenvalue weighted by Crippen LogP contribution is -2.26. The number of aromatic nitrogens is 4. The van der Waals surface area contributed by atoms with E-state index in [1.54, 1.807) is 0 Å². The van der Waals surface area contributed by atoms with Crippen molar-refractivity contribution in [3.63, 3.8) is 0 Å². The third-order valence-corrected chi connectivity index (χ3v) is 4.37. The van der Waals surface area contributed by atoms with Gasteiger partial charge in [0.2, 0.25) is 0 Å². The van der Waals surface area contributed by atoms with E-state index in [2.05, 4.69) is 16.6 Å².